The van der Waals surface area contributed by atoms with E-state index in [9.17, 15) is 10.1 Å². The molecular formula is C62H65NO13. The predicted molar refractivity (Wildman–Crippen MR) is 283 cm³/mol. The number of para-hydroxylation sites is 1. The number of rotatable bonds is 27. The fourth-order valence-electron chi connectivity index (χ4n) is 9.37. The minimum Gasteiger partial charge on any atom is -0.374 e. The lowest BCUT2D eigenvalue weighted by molar-refractivity contribution is -0.386. The van der Waals surface area contributed by atoms with Crippen molar-refractivity contribution >= 4 is 5.69 Å². The summed E-state index contributed by atoms with van der Waals surface area (Å²) in [5, 5.41) is 12.1. The maximum Gasteiger partial charge on any atom is 0.274 e. The van der Waals surface area contributed by atoms with Crippen molar-refractivity contribution in [2.24, 2.45) is 0 Å². The minimum absolute atomic E-state index is 0.0479. The van der Waals surface area contributed by atoms with E-state index in [2.05, 4.69) is 0 Å². The van der Waals surface area contributed by atoms with E-state index >= 15 is 0 Å². The Balaban J connectivity index is 1.06. The molecule has 14 nitrogen and oxygen atoms in total. The molecule has 0 bridgehead atoms. The Labute approximate surface area is 444 Å². The molecule has 2 fully saturated rings. The molecular weight excluding hydrogens is 967 g/mol. The van der Waals surface area contributed by atoms with Crippen molar-refractivity contribution in [3.63, 3.8) is 0 Å². The Morgan fingerprint density at radius 1 is 0.368 bits per heavy atom. The normalized spacial score (nSPS) is 23.5. The third-order valence-electron chi connectivity index (χ3n) is 13.3. The molecule has 9 rings (SSSR count). The third kappa shape index (κ3) is 15.3. The van der Waals surface area contributed by atoms with Crippen molar-refractivity contribution in [2.75, 3.05) is 20.3 Å². The number of methoxy groups -OCH3 is 1. The second-order valence-electron chi connectivity index (χ2n) is 18.6. The zero-order valence-corrected chi connectivity index (χ0v) is 42.5. The smallest absolute Gasteiger partial charge is 0.274 e. The van der Waals surface area contributed by atoms with Gasteiger partial charge >= 0.3 is 0 Å². The van der Waals surface area contributed by atoms with Crippen molar-refractivity contribution in [1.29, 1.82) is 0 Å². The van der Waals surface area contributed by atoms with Crippen molar-refractivity contribution in [2.45, 2.75) is 108 Å². The number of nitro benzene ring substituents is 1. The van der Waals surface area contributed by atoms with Gasteiger partial charge in [0.1, 0.15) is 48.8 Å². The van der Waals surface area contributed by atoms with Crippen LogP contribution in [-0.2, 0) is 98.4 Å². The van der Waals surface area contributed by atoms with E-state index in [0.29, 0.717) is 5.56 Å². The topological polar surface area (TPSA) is 145 Å². The molecule has 7 aromatic rings. The standard InChI is InChI=1S/C62H65NO13/c1-66-61-59(72-40-49-30-16-6-17-31-49)57(70-38-47-26-12-4-13-27-47)56(69-37-46-24-10-3-11-25-46)54(75-61)44-74-62-60(73-41-50-32-18-7-19-33-50)58(71-39-48-28-14-5-15-29-48)55(68-36-45-22-8-2-9-23-45)53(76-62)43-67-42-51-34-20-21-35-52(51)63(64)65/h2-35,53-62H,36-44H2,1H3/t53-,54-,55-,56-,57+,58+,59-,60-,61-,62-/m1/s1. The van der Waals surface area contributed by atoms with Crippen molar-refractivity contribution < 1.29 is 57.0 Å². The predicted octanol–water partition coefficient (Wildman–Crippen LogP) is 10.7. The van der Waals surface area contributed by atoms with E-state index < -0.39 is 66.3 Å². The lowest BCUT2D eigenvalue weighted by Crippen LogP contribution is -2.64. The number of hydrogen-bond donors (Lipinski definition) is 0. The summed E-state index contributed by atoms with van der Waals surface area (Å²) >= 11 is 0. The zero-order valence-electron chi connectivity index (χ0n) is 42.5. The molecule has 76 heavy (non-hydrogen) atoms. The summed E-state index contributed by atoms with van der Waals surface area (Å²) in [4.78, 5) is 11.6. The second kappa shape index (κ2) is 28.6. The van der Waals surface area contributed by atoms with Crippen LogP contribution < -0.4 is 0 Å². The monoisotopic (exact) mass is 1030 g/mol. The van der Waals surface area contributed by atoms with Crippen molar-refractivity contribution in [1.82, 2.24) is 0 Å². The Morgan fingerprint density at radius 2 is 0.684 bits per heavy atom. The van der Waals surface area contributed by atoms with E-state index in [0.717, 1.165) is 33.4 Å². The SMILES string of the molecule is CO[C@@H]1O[C@H](CO[C@@H]2O[C@H](COCc3ccccc3[N+](=O)[O-])[C@@H](OCc3ccccc3)[C@H](OCc3ccccc3)[C@H]2OCc2ccccc2)[C@@H](OCc2ccccc2)[C@H](OCc2ccccc2)[C@H]1OCc1ccccc1. The van der Waals surface area contributed by atoms with E-state index in [-0.39, 0.29) is 65.1 Å². The first-order valence-corrected chi connectivity index (χ1v) is 25.7. The highest BCUT2D eigenvalue weighted by molar-refractivity contribution is 5.39. The number of nitrogens with zero attached hydrogens (tertiary/aromatic N) is 1. The van der Waals surface area contributed by atoms with Crippen LogP contribution >= 0.6 is 0 Å². The van der Waals surface area contributed by atoms with Gasteiger partial charge in [-0.15, -0.1) is 0 Å². The van der Waals surface area contributed by atoms with Gasteiger partial charge in [0.25, 0.3) is 5.69 Å². The van der Waals surface area contributed by atoms with E-state index in [4.69, 9.17) is 52.1 Å². The Morgan fingerprint density at radius 3 is 1.07 bits per heavy atom. The van der Waals surface area contributed by atoms with Gasteiger partial charge < -0.3 is 52.1 Å². The van der Waals surface area contributed by atoms with Gasteiger partial charge in [-0.1, -0.05) is 194 Å². The molecule has 396 valence electrons. The summed E-state index contributed by atoms with van der Waals surface area (Å²) in [7, 11) is 1.58. The molecule has 2 aliphatic heterocycles. The first-order chi connectivity index (χ1) is 37.5. The molecule has 2 saturated heterocycles. The van der Waals surface area contributed by atoms with Crippen LogP contribution in [0.1, 0.15) is 38.9 Å². The van der Waals surface area contributed by atoms with Gasteiger partial charge in [-0.05, 0) is 39.4 Å². The summed E-state index contributed by atoms with van der Waals surface area (Å²) in [6.45, 7) is 1.16. The number of hydrogen-bond acceptors (Lipinski definition) is 13. The molecule has 7 aromatic carbocycles. The van der Waals surface area contributed by atoms with Crippen LogP contribution in [0.5, 0.6) is 0 Å². The summed E-state index contributed by atoms with van der Waals surface area (Å²) in [6.07, 6.45) is -8.40. The molecule has 0 aliphatic carbocycles. The molecule has 0 spiro atoms. The Kier molecular flexibility index (Phi) is 20.4. The van der Waals surface area contributed by atoms with Crippen LogP contribution in [0.15, 0.2) is 206 Å². The molecule has 2 heterocycles. The van der Waals surface area contributed by atoms with Crippen LogP contribution in [0.4, 0.5) is 5.69 Å². The molecule has 0 N–H and O–H groups in total. The first-order valence-electron chi connectivity index (χ1n) is 25.7. The summed E-state index contributed by atoms with van der Waals surface area (Å²) in [5.41, 5.74) is 6.05. The van der Waals surface area contributed by atoms with Gasteiger partial charge in [0.2, 0.25) is 0 Å². The molecule has 10 atom stereocenters. The summed E-state index contributed by atoms with van der Waals surface area (Å²) in [6, 6.07) is 65.8. The lowest BCUT2D eigenvalue weighted by Gasteiger charge is -2.48. The van der Waals surface area contributed by atoms with Gasteiger partial charge in [0, 0.05) is 13.2 Å². The van der Waals surface area contributed by atoms with Gasteiger partial charge in [-0.25, -0.2) is 0 Å². The number of nitro groups is 1. The maximum atomic E-state index is 12.1. The fraction of sp³-hybridized carbons (Fsp3) is 0.323. The average Bonchev–Trinajstić information content (AvgIpc) is 3.47. The highest BCUT2D eigenvalue weighted by Crippen LogP contribution is 2.35. The van der Waals surface area contributed by atoms with Crippen LogP contribution in [0.2, 0.25) is 0 Å². The van der Waals surface area contributed by atoms with Gasteiger partial charge in [-0.3, -0.25) is 10.1 Å². The van der Waals surface area contributed by atoms with E-state index in [1.54, 1.807) is 25.3 Å². The summed E-state index contributed by atoms with van der Waals surface area (Å²) < 4.78 is 74.8. The quantitative estimate of drug-likeness (QED) is 0.0356. The molecule has 2 aliphatic rings. The van der Waals surface area contributed by atoms with E-state index in [1.165, 1.54) is 6.07 Å². The van der Waals surface area contributed by atoms with Crippen LogP contribution in [0, 0.1) is 10.1 Å². The molecule has 0 aromatic heterocycles. The highest BCUT2D eigenvalue weighted by Gasteiger charge is 2.52. The molecule has 0 amide bonds. The van der Waals surface area contributed by atoms with Crippen molar-refractivity contribution in [3.05, 3.63) is 255 Å². The number of ether oxygens (including phenoxy) is 11. The molecule has 0 saturated carbocycles. The Hall–Kier alpha value is -6.50. The van der Waals surface area contributed by atoms with E-state index in [1.807, 2.05) is 182 Å². The molecule has 0 radical (unpaired) electrons. The first kappa shape index (κ1) is 54.3. The largest absolute Gasteiger partial charge is 0.374 e. The minimum atomic E-state index is -1.11. The van der Waals surface area contributed by atoms with Gasteiger partial charge in [0.05, 0.1) is 69.9 Å². The molecule has 14 heteroatoms. The average molecular weight is 1030 g/mol. The fourth-order valence-corrected chi connectivity index (χ4v) is 9.37. The zero-order chi connectivity index (χ0) is 52.2. The Bertz CT molecular complexity index is 2750. The molecule has 0 unspecified atom stereocenters. The second-order valence-corrected chi connectivity index (χ2v) is 18.6. The van der Waals surface area contributed by atoms with Crippen molar-refractivity contribution in [3.8, 4) is 0 Å². The van der Waals surface area contributed by atoms with Gasteiger partial charge in [-0.2, -0.15) is 0 Å². The van der Waals surface area contributed by atoms with Crippen LogP contribution in [-0.4, -0.2) is 86.7 Å². The summed E-state index contributed by atoms with van der Waals surface area (Å²) in [5.74, 6) is 0. The number of benzene rings is 7. The maximum absolute atomic E-state index is 12.1. The highest BCUT2D eigenvalue weighted by atomic mass is 16.8. The third-order valence-corrected chi connectivity index (χ3v) is 13.3. The van der Waals surface area contributed by atoms with Crippen LogP contribution in [0.25, 0.3) is 0 Å². The lowest BCUT2D eigenvalue weighted by atomic mass is 9.96. The van der Waals surface area contributed by atoms with Crippen LogP contribution in [0.3, 0.4) is 0 Å². The van der Waals surface area contributed by atoms with Gasteiger partial charge in [0.15, 0.2) is 12.6 Å².